The van der Waals surface area contributed by atoms with Crippen molar-refractivity contribution in [3.05, 3.63) is 52.9 Å². The molecule has 7 nitrogen and oxygen atoms in total. The highest BCUT2D eigenvalue weighted by molar-refractivity contribution is 5.83. The number of methoxy groups -OCH3 is 2. The summed E-state index contributed by atoms with van der Waals surface area (Å²) >= 11 is 0. The van der Waals surface area contributed by atoms with E-state index >= 15 is 0 Å². The van der Waals surface area contributed by atoms with E-state index in [0.29, 0.717) is 39.3 Å². The Morgan fingerprint density at radius 2 is 1.78 bits per heavy atom. The van der Waals surface area contributed by atoms with E-state index in [1.165, 1.54) is 27.2 Å². The Bertz CT molecular complexity index is 1050. The van der Waals surface area contributed by atoms with Crippen LogP contribution in [0.4, 0.5) is 0 Å². The van der Waals surface area contributed by atoms with E-state index in [1.807, 2.05) is 0 Å². The number of aliphatic carboxylic acids is 1. The molecule has 0 bridgehead atoms. The maximum atomic E-state index is 12.5. The highest BCUT2D eigenvalue weighted by atomic mass is 16.5. The first kappa shape index (κ1) is 18.3. The Hall–Kier alpha value is -3.48. The van der Waals surface area contributed by atoms with Gasteiger partial charge in [-0.2, -0.15) is 0 Å². The van der Waals surface area contributed by atoms with Gasteiger partial charge in [0.1, 0.15) is 11.3 Å². The first-order valence-corrected chi connectivity index (χ1v) is 8.12. The van der Waals surface area contributed by atoms with Crippen molar-refractivity contribution in [2.24, 2.45) is 0 Å². The summed E-state index contributed by atoms with van der Waals surface area (Å²) in [4.78, 5) is 23.4. The van der Waals surface area contributed by atoms with Gasteiger partial charge in [-0.25, -0.2) is 9.59 Å². The van der Waals surface area contributed by atoms with E-state index in [-0.39, 0.29) is 0 Å². The predicted octanol–water partition coefficient (Wildman–Crippen LogP) is 3.33. The van der Waals surface area contributed by atoms with Crippen LogP contribution in [0.5, 0.6) is 17.2 Å². The maximum absolute atomic E-state index is 12.5. The van der Waals surface area contributed by atoms with Crippen molar-refractivity contribution in [2.45, 2.75) is 13.0 Å². The van der Waals surface area contributed by atoms with Gasteiger partial charge < -0.3 is 23.7 Å². The van der Waals surface area contributed by atoms with Gasteiger partial charge in [-0.3, -0.25) is 0 Å². The minimum absolute atomic E-state index is 0.305. The van der Waals surface area contributed by atoms with Gasteiger partial charge in [0.15, 0.2) is 17.6 Å². The van der Waals surface area contributed by atoms with E-state index in [1.54, 1.807) is 36.4 Å². The fourth-order valence-corrected chi connectivity index (χ4v) is 2.62. The second kappa shape index (κ2) is 7.41. The number of fused-ring (bicyclic) bond motifs is 1. The second-order valence-corrected chi connectivity index (χ2v) is 5.82. The summed E-state index contributed by atoms with van der Waals surface area (Å²) in [7, 11) is 3.05. The minimum Gasteiger partial charge on any atom is -0.493 e. The Balaban J connectivity index is 2.03. The Morgan fingerprint density at radius 3 is 2.44 bits per heavy atom. The SMILES string of the molecule is COc1ccc(-c2cc3ccc(O[C@@H](C)C(=O)O)cc3oc2=O)cc1OC. The van der Waals surface area contributed by atoms with Crippen LogP contribution in [0, 0.1) is 0 Å². The van der Waals surface area contributed by atoms with Crippen molar-refractivity contribution < 1.29 is 28.5 Å². The summed E-state index contributed by atoms with van der Waals surface area (Å²) in [5.41, 5.74) is 0.775. The molecule has 1 aromatic heterocycles. The molecule has 2 aromatic carbocycles. The van der Waals surface area contributed by atoms with Gasteiger partial charge in [-0.15, -0.1) is 0 Å². The van der Waals surface area contributed by atoms with Crippen LogP contribution in [0.1, 0.15) is 6.92 Å². The monoisotopic (exact) mass is 370 g/mol. The fourth-order valence-electron chi connectivity index (χ4n) is 2.62. The number of ether oxygens (including phenoxy) is 3. The molecule has 0 amide bonds. The normalized spacial score (nSPS) is 11.8. The highest BCUT2D eigenvalue weighted by Crippen LogP contribution is 2.32. The van der Waals surface area contributed by atoms with Crippen LogP contribution >= 0.6 is 0 Å². The van der Waals surface area contributed by atoms with Crippen LogP contribution in [-0.2, 0) is 4.79 Å². The van der Waals surface area contributed by atoms with Crippen molar-refractivity contribution in [3.8, 4) is 28.4 Å². The molecule has 1 atom stereocenters. The third-order valence-electron chi connectivity index (χ3n) is 4.06. The predicted molar refractivity (Wildman–Crippen MR) is 98.7 cm³/mol. The largest absolute Gasteiger partial charge is 0.493 e. The number of carboxylic acid groups (broad SMARTS) is 1. The first-order valence-electron chi connectivity index (χ1n) is 8.12. The van der Waals surface area contributed by atoms with Crippen LogP contribution in [0.25, 0.3) is 22.1 Å². The molecule has 1 N–H and O–H groups in total. The van der Waals surface area contributed by atoms with Gasteiger partial charge in [0.25, 0.3) is 0 Å². The molecule has 27 heavy (non-hydrogen) atoms. The number of hydrogen-bond donors (Lipinski definition) is 1. The van der Waals surface area contributed by atoms with E-state index in [9.17, 15) is 9.59 Å². The molecule has 1 heterocycles. The summed E-state index contributed by atoms with van der Waals surface area (Å²) in [6.07, 6.45) is -1.01. The summed E-state index contributed by atoms with van der Waals surface area (Å²) < 4.78 is 21.2. The number of benzene rings is 2. The third kappa shape index (κ3) is 3.72. The standard InChI is InChI=1S/C20H18O7/c1-11(19(21)22)26-14-6-4-13-8-15(20(23)27-17(13)10-14)12-5-7-16(24-2)18(9-12)25-3/h4-11H,1-3H3,(H,21,22)/t11-/m0/s1. The number of carbonyl (C=O) groups is 1. The first-order chi connectivity index (χ1) is 12.9. The molecule has 0 unspecified atom stereocenters. The minimum atomic E-state index is -1.08. The topological polar surface area (TPSA) is 95.2 Å². The molecule has 0 aliphatic heterocycles. The molecule has 0 spiro atoms. The van der Waals surface area contributed by atoms with E-state index in [0.717, 1.165) is 0 Å². The molecule has 7 heteroatoms. The molecular formula is C20H18O7. The lowest BCUT2D eigenvalue weighted by atomic mass is 10.1. The molecule has 3 aromatic rings. The van der Waals surface area contributed by atoms with Crippen molar-refractivity contribution >= 4 is 16.9 Å². The smallest absolute Gasteiger partial charge is 0.344 e. The third-order valence-corrected chi connectivity index (χ3v) is 4.06. The van der Waals surface area contributed by atoms with Gasteiger partial charge in [0.05, 0.1) is 19.8 Å². The zero-order valence-corrected chi connectivity index (χ0v) is 15.0. The zero-order valence-electron chi connectivity index (χ0n) is 15.0. The van der Waals surface area contributed by atoms with Gasteiger partial charge in [0.2, 0.25) is 0 Å². The molecule has 3 rings (SSSR count). The van der Waals surface area contributed by atoms with Crippen LogP contribution in [0.2, 0.25) is 0 Å². The Morgan fingerprint density at radius 1 is 1.04 bits per heavy atom. The van der Waals surface area contributed by atoms with Gasteiger partial charge in [-0.05, 0) is 42.8 Å². The average Bonchev–Trinajstić information content (AvgIpc) is 2.66. The molecule has 0 aliphatic carbocycles. The van der Waals surface area contributed by atoms with Crippen LogP contribution < -0.4 is 19.8 Å². The van der Waals surface area contributed by atoms with Crippen molar-refractivity contribution in [2.75, 3.05) is 14.2 Å². The van der Waals surface area contributed by atoms with E-state index in [4.69, 9.17) is 23.7 Å². The summed E-state index contributed by atoms with van der Waals surface area (Å²) in [6, 6.07) is 11.7. The van der Waals surface area contributed by atoms with Crippen molar-refractivity contribution in [1.82, 2.24) is 0 Å². The molecule has 0 fully saturated rings. The lowest BCUT2D eigenvalue weighted by Crippen LogP contribution is -2.22. The lowest BCUT2D eigenvalue weighted by molar-refractivity contribution is -0.144. The molecule has 0 aliphatic rings. The summed E-state index contributed by atoms with van der Waals surface area (Å²) in [5.74, 6) is 0.279. The lowest BCUT2D eigenvalue weighted by Gasteiger charge is -2.11. The highest BCUT2D eigenvalue weighted by Gasteiger charge is 2.15. The van der Waals surface area contributed by atoms with Crippen molar-refractivity contribution in [1.29, 1.82) is 0 Å². The molecule has 0 saturated heterocycles. The zero-order chi connectivity index (χ0) is 19.6. The van der Waals surface area contributed by atoms with Gasteiger partial charge in [-0.1, -0.05) is 6.07 Å². The van der Waals surface area contributed by atoms with Crippen LogP contribution in [0.15, 0.2) is 51.7 Å². The van der Waals surface area contributed by atoms with Crippen LogP contribution in [0.3, 0.4) is 0 Å². The molecular weight excluding hydrogens is 352 g/mol. The quantitative estimate of drug-likeness (QED) is 0.665. The average molecular weight is 370 g/mol. The summed E-state index contributed by atoms with van der Waals surface area (Å²) in [6.45, 7) is 1.42. The molecule has 140 valence electrons. The van der Waals surface area contributed by atoms with Crippen molar-refractivity contribution in [3.63, 3.8) is 0 Å². The Labute approximate surface area is 154 Å². The van der Waals surface area contributed by atoms with Crippen LogP contribution in [-0.4, -0.2) is 31.4 Å². The van der Waals surface area contributed by atoms with Gasteiger partial charge >= 0.3 is 11.6 Å². The van der Waals surface area contributed by atoms with Gasteiger partial charge in [0, 0.05) is 11.5 Å². The van der Waals surface area contributed by atoms with E-state index < -0.39 is 17.7 Å². The number of carboxylic acids is 1. The summed E-state index contributed by atoms with van der Waals surface area (Å²) in [5, 5.41) is 9.60. The number of hydrogen-bond acceptors (Lipinski definition) is 6. The Kier molecular flexibility index (Phi) is 5.03. The fraction of sp³-hybridized carbons (Fsp3) is 0.200. The number of rotatable bonds is 6. The molecule has 0 saturated carbocycles. The van der Waals surface area contributed by atoms with E-state index in [2.05, 4.69) is 0 Å². The molecule has 0 radical (unpaired) electrons. The second-order valence-electron chi connectivity index (χ2n) is 5.82. The maximum Gasteiger partial charge on any atom is 0.344 e.